The molecule has 0 unspecified atom stereocenters. The van der Waals surface area contributed by atoms with Gasteiger partial charge in [-0.3, -0.25) is 4.79 Å². The number of ether oxygens (including phenoxy) is 1. The van der Waals surface area contributed by atoms with Crippen molar-refractivity contribution in [1.29, 1.82) is 0 Å². The summed E-state index contributed by atoms with van der Waals surface area (Å²) in [6.45, 7) is 0.880. The number of carbonyl (C=O) groups is 1. The van der Waals surface area contributed by atoms with Crippen molar-refractivity contribution in [2.45, 2.75) is 0 Å². The molecule has 2 rings (SSSR count). The molecule has 1 amide bonds. The third-order valence-electron chi connectivity index (χ3n) is 2.50. The first-order chi connectivity index (χ1) is 9.70. The summed E-state index contributed by atoms with van der Waals surface area (Å²) in [5.74, 6) is 0.0424. The summed E-state index contributed by atoms with van der Waals surface area (Å²) in [6.07, 6.45) is 1.44. The van der Waals surface area contributed by atoms with Gasteiger partial charge in [0.05, 0.1) is 0 Å². The molecule has 0 saturated heterocycles. The molecule has 0 aliphatic heterocycles. The molecule has 6 nitrogen and oxygen atoms in total. The fourth-order valence-corrected chi connectivity index (χ4v) is 1.57. The maximum absolute atomic E-state index is 11.9. The van der Waals surface area contributed by atoms with E-state index >= 15 is 0 Å². The summed E-state index contributed by atoms with van der Waals surface area (Å²) in [4.78, 5) is 15.7. The van der Waals surface area contributed by atoms with Gasteiger partial charge < -0.3 is 20.9 Å². The minimum Gasteiger partial charge on any atom is -0.505 e. The number of benzene rings is 1. The second-order valence-corrected chi connectivity index (χ2v) is 3.99. The van der Waals surface area contributed by atoms with Gasteiger partial charge in [-0.1, -0.05) is 0 Å². The molecule has 104 valence electrons. The zero-order valence-electron chi connectivity index (χ0n) is 10.7. The maximum atomic E-state index is 11.9. The SMILES string of the molecule is NCCOc1ccc(NC(=O)c2ncccc2O)cc1. The Hall–Kier alpha value is -2.60. The molecule has 0 radical (unpaired) electrons. The van der Waals surface area contributed by atoms with E-state index in [-0.39, 0.29) is 11.4 Å². The minimum absolute atomic E-state index is 0.0176. The third kappa shape index (κ3) is 3.46. The van der Waals surface area contributed by atoms with Crippen LogP contribution in [-0.2, 0) is 0 Å². The molecule has 0 spiro atoms. The number of anilines is 1. The smallest absolute Gasteiger partial charge is 0.278 e. The lowest BCUT2D eigenvalue weighted by Crippen LogP contribution is -2.14. The molecule has 0 bridgehead atoms. The molecule has 0 saturated carbocycles. The highest BCUT2D eigenvalue weighted by atomic mass is 16.5. The normalized spacial score (nSPS) is 10.1. The third-order valence-corrected chi connectivity index (χ3v) is 2.50. The van der Waals surface area contributed by atoms with Crippen LogP contribution < -0.4 is 15.8 Å². The summed E-state index contributed by atoms with van der Waals surface area (Å²) >= 11 is 0. The van der Waals surface area contributed by atoms with E-state index < -0.39 is 5.91 Å². The van der Waals surface area contributed by atoms with Gasteiger partial charge in [-0.05, 0) is 36.4 Å². The number of aromatic hydroxyl groups is 1. The van der Waals surface area contributed by atoms with Crippen molar-refractivity contribution in [2.24, 2.45) is 5.73 Å². The quantitative estimate of drug-likeness (QED) is 0.764. The predicted octanol–water partition coefficient (Wildman–Crippen LogP) is 1.38. The van der Waals surface area contributed by atoms with Crippen LogP contribution in [0.1, 0.15) is 10.5 Å². The predicted molar refractivity (Wildman–Crippen MR) is 74.8 cm³/mol. The monoisotopic (exact) mass is 273 g/mol. The van der Waals surface area contributed by atoms with Gasteiger partial charge in [0.25, 0.3) is 5.91 Å². The number of nitrogens with one attached hydrogen (secondary N) is 1. The average Bonchev–Trinajstić information content (AvgIpc) is 2.47. The van der Waals surface area contributed by atoms with Crippen LogP contribution in [0.15, 0.2) is 42.6 Å². The molecule has 4 N–H and O–H groups in total. The standard InChI is InChI=1S/C14H15N3O3/c15-7-9-20-11-5-3-10(4-6-11)17-14(19)13-12(18)2-1-8-16-13/h1-6,8,18H,7,9,15H2,(H,17,19). The Labute approximate surface area is 116 Å². The number of nitrogens with two attached hydrogens (primary N) is 1. The molecule has 1 heterocycles. The van der Waals surface area contributed by atoms with E-state index in [1.54, 1.807) is 30.3 Å². The molecule has 0 fully saturated rings. The molecule has 1 aromatic heterocycles. The second kappa shape index (κ2) is 6.53. The van der Waals surface area contributed by atoms with Crippen LogP contribution >= 0.6 is 0 Å². The van der Waals surface area contributed by atoms with Crippen LogP contribution in [0.3, 0.4) is 0 Å². The Morgan fingerprint density at radius 1 is 1.30 bits per heavy atom. The van der Waals surface area contributed by atoms with Gasteiger partial charge >= 0.3 is 0 Å². The molecular formula is C14H15N3O3. The van der Waals surface area contributed by atoms with Gasteiger partial charge in [0.2, 0.25) is 0 Å². The van der Waals surface area contributed by atoms with Crippen LogP contribution in [0.5, 0.6) is 11.5 Å². The average molecular weight is 273 g/mol. The van der Waals surface area contributed by atoms with Gasteiger partial charge in [0.15, 0.2) is 5.69 Å². The number of amides is 1. The first kappa shape index (κ1) is 13.8. The van der Waals surface area contributed by atoms with E-state index in [1.807, 2.05) is 0 Å². The Balaban J connectivity index is 2.03. The van der Waals surface area contributed by atoms with Crippen LogP contribution in [-0.4, -0.2) is 29.1 Å². The summed E-state index contributed by atoms with van der Waals surface area (Å²) in [5, 5.41) is 12.2. The van der Waals surface area contributed by atoms with Gasteiger partial charge in [0, 0.05) is 18.4 Å². The van der Waals surface area contributed by atoms with E-state index in [2.05, 4.69) is 10.3 Å². The Morgan fingerprint density at radius 2 is 2.05 bits per heavy atom. The number of hydrogen-bond donors (Lipinski definition) is 3. The van der Waals surface area contributed by atoms with Crippen molar-refractivity contribution in [3.05, 3.63) is 48.3 Å². The number of pyridine rings is 1. The number of carbonyl (C=O) groups excluding carboxylic acids is 1. The van der Waals surface area contributed by atoms with Crippen LogP contribution in [0.4, 0.5) is 5.69 Å². The van der Waals surface area contributed by atoms with Gasteiger partial charge in [-0.2, -0.15) is 0 Å². The summed E-state index contributed by atoms with van der Waals surface area (Å²) in [7, 11) is 0. The molecule has 2 aromatic rings. The number of hydrogen-bond acceptors (Lipinski definition) is 5. The molecule has 6 heteroatoms. The summed E-state index contributed by atoms with van der Waals surface area (Å²) < 4.78 is 5.33. The van der Waals surface area contributed by atoms with Crippen molar-refractivity contribution in [3.8, 4) is 11.5 Å². The highest BCUT2D eigenvalue weighted by Gasteiger charge is 2.12. The van der Waals surface area contributed by atoms with Crippen LogP contribution in [0.2, 0.25) is 0 Å². The van der Waals surface area contributed by atoms with Gasteiger partial charge in [-0.15, -0.1) is 0 Å². The Morgan fingerprint density at radius 3 is 2.70 bits per heavy atom. The lowest BCUT2D eigenvalue weighted by Gasteiger charge is -2.08. The molecule has 0 atom stereocenters. The lowest BCUT2D eigenvalue weighted by atomic mass is 10.2. The fraction of sp³-hybridized carbons (Fsp3) is 0.143. The first-order valence-electron chi connectivity index (χ1n) is 6.09. The summed E-state index contributed by atoms with van der Waals surface area (Å²) in [6, 6.07) is 9.81. The van der Waals surface area contributed by atoms with Crippen molar-refractivity contribution in [3.63, 3.8) is 0 Å². The highest BCUT2D eigenvalue weighted by Crippen LogP contribution is 2.18. The van der Waals surface area contributed by atoms with Crippen molar-refractivity contribution in [2.75, 3.05) is 18.5 Å². The molecule has 20 heavy (non-hydrogen) atoms. The first-order valence-corrected chi connectivity index (χ1v) is 6.09. The number of nitrogens with zero attached hydrogens (tertiary/aromatic N) is 1. The lowest BCUT2D eigenvalue weighted by molar-refractivity contribution is 0.101. The van der Waals surface area contributed by atoms with E-state index in [4.69, 9.17) is 10.5 Å². The van der Waals surface area contributed by atoms with E-state index in [9.17, 15) is 9.90 Å². The van der Waals surface area contributed by atoms with Crippen molar-refractivity contribution >= 4 is 11.6 Å². The van der Waals surface area contributed by atoms with Crippen LogP contribution in [0, 0.1) is 0 Å². The zero-order valence-corrected chi connectivity index (χ0v) is 10.7. The van der Waals surface area contributed by atoms with Gasteiger partial charge in [0.1, 0.15) is 18.1 Å². The topological polar surface area (TPSA) is 97.5 Å². The molecule has 1 aromatic carbocycles. The Bertz CT molecular complexity index is 584. The highest BCUT2D eigenvalue weighted by molar-refractivity contribution is 6.04. The summed E-state index contributed by atoms with van der Waals surface area (Å²) in [5.41, 5.74) is 5.90. The van der Waals surface area contributed by atoms with Crippen LogP contribution in [0.25, 0.3) is 0 Å². The zero-order chi connectivity index (χ0) is 14.4. The van der Waals surface area contributed by atoms with Crippen molar-refractivity contribution in [1.82, 2.24) is 4.98 Å². The molecular weight excluding hydrogens is 258 g/mol. The second-order valence-electron chi connectivity index (χ2n) is 3.99. The van der Waals surface area contributed by atoms with Crippen molar-refractivity contribution < 1.29 is 14.6 Å². The largest absolute Gasteiger partial charge is 0.505 e. The Kier molecular flexibility index (Phi) is 4.52. The van der Waals surface area contributed by atoms with E-state index in [0.717, 1.165) is 0 Å². The number of aromatic nitrogens is 1. The number of rotatable bonds is 5. The fourth-order valence-electron chi connectivity index (χ4n) is 1.57. The maximum Gasteiger partial charge on any atom is 0.278 e. The van der Waals surface area contributed by atoms with Gasteiger partial charge in [-0.25, -0.2) is 4.98 Å². The minimum atomic E-state index is -0.473. The van der Waals surface area contributed by atoms with E-state index in [0.29, 0.717) is 24.6 Å². The van der Waals surface area contributed by atoms with E-state index in [1.165, 1.54) is 12.3 Å². The molecule has 0 aliphatic rings. The molecule has 0 aliphatic carbocycles.